The van der Waals surface area contributed by atoms with Crippen molar-refractivity contribution in [2.75, 3.05) is 38.1 Å². The number of nitrogens with zero attached hydrogens (tertiary/aromatic N) is 4. The molecule has 1 aromatic rings. The molecule has 1 aromatic heterocycles. The summed E-state index contributed by atoms with van der Waals surface area (Å²) in [6.45, 7) is 5.50. The molecule has 1 unspecified atom stereocenters. The van der Waals surface area contributed by atoms with Crippen molar-refractivity contribution in [3.63, 3.8) is 0 Å². The van der Waals surface area contributed by atoms with Gasteiger partial charge in [0.1, 0.15) is 6.33 Å². The summed E-state index contributed by atoms with van der Waals surface area (Å²) < 4.78 is 0. The molecule has 1 amide bonds. The highest BCUT2D eigenvalue weighted by Gasteiger charge is 2.48. The standard InChI is InChI=1S/C21H29N5O4/c1-12-8-21(15(13(2)27)16(12)22-3)4-6-25(7-5-21)20(30)17-18(29)19(24-11-23-17)26-9-14(28)10-26/h11-12,14,22,28-29H,4-10H2,1-3H3. The van der Waals surface area contributed by atoms with E-state index in [0.717, 1.165) is 17.7 Å². The Morgan fingerprint density at radius 1 is 1.23 bits per heavy atom. The van der Waals surface area contributed by atoms with Crippen molar-refractivity contribution in [1.82, 2.24) is 20.2 Å². The second kappa shape index (κ2) is 7.54. The van der Waals surface area contributed by atoms with E-state index in [1.54, 1.807) is 16.7 Å². The van der Waals surface area contributed by atoms with E-state index >= 15 is 0 Å². The summed E-state index contributed by atoms with van der Waals surface area (Å²) in [5, 5.41) is 23.3. The Bertz CT molecular complexity index is 901. The number of anilines is 1. The molecule has 0 saturated carbocycles. The van der Waals surface area contributed by atoms with Gasteiger partial charge in [0.15, 0.2) is 23.0 Å². The van der Waals surface area contributed by atoms with Gasteiger partial charge in [0, 0.05) is 49.9 Å². The van der Waals surface area contributed by atoms with Crippen molar-refractivity contribution >= 4 is 17.5 Å². The summed E-state index contributed by atoms with van der Waals surface area (Å²) in [5.74, 6) is 0.0817. The molecule has 3 heterocycles. The van der Waals surface area contributed by atoms with Gasteiger partial charge in [-0.05, 0) is 32.1 Å². The lowest BCUT2D eigenvalue weighted by atomic mass is 9.71. The molecule has 0 bridgehead atoms. The number of nitrogens with one attached hydrogen (secondary N) is 1. The maximum absolute atomic E-state index is 13.1. The van der Waals surface area contributed by atoms with Crippen LogP contribution in [-0.4, -0.2) is 76.1 Å². The Balaban J connectivity index is 1.51. The van der Waals surface area contributed by atoms with Crippen molar-refractivity contribution in [2.45, 2.75) is 39.2 Å². The quantitative estimate of drug-likeness (QED) is 0.657. The van der Waals surface area contributed by atoms with Crippen molar-refractivity contribution in [3.8, 4) is 5.75 Å². The van der Waals surface area contributed by atoms with Crippen LogP contribution in [0.4, 0.5) is 5.82 Å². The largest absolute Gasteiger partial charge is 0.503 e. The number of likely N-dealkylation sites (tertiary alicyclic amines) is 1. The van der Waals surface area contributed by atoms with Crippen LogP contribution in [0.25, 0.3) is 0 Å². The van der Waals surface area contributed by atoms with Gasteiger partial charge in [0.2, 0.25) is 0 Å². The van der Waals surface area contributed by atoms with Crippen molar-refractivity contribution < 1.29 is 19.8 Å². The monoisotopic (exact) mass is 415 g/mol. The summed E-state index contributed by atoms with van der Waals surface area (Å²) >= 11 is 0. The molecule has 9 heteroatoms. The summed E-state index contributed by atoms with van der Waals surface area (Å²) in [6, 6.07) is 0. The number of aliphatic hydroxyl groups excluding tert-OH is 1. The topological polar surface area (TPSA) is 119 Å². The predicted octanol–water partition coefficient (Wildman–Crippen LogP) is 0.688. The number of carbonyl (C=O) groups is 2. The molecule has 0 radical (unpaired) electrons. The van der Waals surface area contributed by atoms with Crippen molar-refractivity contribution in [2.24, 2.45) is 11.3 Å². The van der Waals surface area contributed by atoms with Gasteiger partial charge in [-0.2, -0.15) is 0 Å². The highest BCUT2D eigenvalue weighted by Crippen LogP contribution is 2.52. The normalized spacial score (nSPS) is 23.7. The lowest BCUT2D eigenvalue weighted by molar-refractivity contribution is -0.115. The molecule has 1 atom stereocenters. The fraction of sp³-hybridized carbons (Fsp3) is 0.619. The van der Waals surface area contributed by atoms with Crippen LogP contribution in [0.5, 0.6) is 5.75 Å². The number of carbonyl (C=O) groups excluding carboxylic acids is 2. The molecule has 4 rings (SSSR count). The van der Waals surface area contributed by atoms with E-state index in [9.17, 15) is 19.8 Å². The molecule has 162 valence electrons. The van der Waals surface area contributed by atoms with Gasteiger partial charge in [-0.1, -0.05) is 6.92 Å². The third-order valence-corrected chi connectivity index (χ3v) is 6.79. The van der Waals surface area contributed by atoms with Gasteiger partial charge in [-0.25, -0.2) is 9.97 Å². The minimum absolute atomic E-state index is 0.0182. The second-order valence-corrected chi connectivity index (χ2v) is 8.73. The number of hydrogen-bond donors (Lipinski definition) is 3. The molecule has 30 heavy (non-hydrogen) atoms. The first kappa shape index (κ1) is 20.6. The number of aliphatic hydroxyl groups is 1. The Morgan fingerprint density at radius 2 is 1.90 bits per heavy atom. The van der Waals surface area contributed by atoms with Crippen LogP contribution in [0.3, 0.4) is 0 Å². The predicted molar refractivity (Wildman–Crippen MR) is 110 cm³/mol. The zero-order valence-corrected chi connectivity index (χ0v) is 17.7. The van der Waals surface area contributed by atoms with Crippen LogP contribution < -0.4 is 10.2 Å². The Kier molecular flexibility index (Phi) is 5.17. The highest BCUT2D eigenvalue weighted by molar-refractivity contribution is 5.97. The number of β-amino-alcohol motifs (C(OH)–C–C–N with tert-alkyl or cyclic N) is 1. The molecule has 1 spiro atoms. The maximum Gasteiger partial charge on any atom is 0.276 e. The summed E-state index contributed by atoms with van der Waals surface area (Å²) in [5.41, 5.74) is 1.69. The second-order valence-electron chi connectivity index (χ2n) is 8.73. The molecule has 1 aliphatic carbocycles. The van der Waals surface area contributed by atoms with Gasteiger partial charge < -0.3 is 25.3 Å². The van der Waals surface area contributed by atoms with E-state index < -0.39 is 6.10 Å². The van der Waals surface area contributed by atoms with Gasteiger partial charge in [0.05, 0.1) is 6.10 Å². The molecular formula is C21H29N5O4. The smallest absolute Gasteiger partial charge is 0.276 e. The number of ketones is 1. The van der Waals surface area contributed by atoms with Crippen LogP contribution in [0, 0.1) is 11.3 Å². The minimum atomic E-state index is -0.448. The zero-order chi connectivity index (χ0) is 21.6. The maximum atomic E-state index is 13.1. The van der Waals surface area contributed by atoms with E-state index in [4.69, 9.17) is 0 Å². The van der Waals surface area contributed by atoms with Crippen molar-refractivity contribution in [1.29, 1.82) is 0 Å². The number of aromatic nitrogens is 2. The number of piperidine rings is 1. The molecule has 0 aromatic carbocycles. The number of rotatable bonds is 4. The van der Waals surface area contributed by atoms with Gasteiger partial charge in [-0.3, -0.25) is 9.59 Å². The Hall–Kier alpha value is -2.68. The molecule has 2 fully saturated rings. The van der Waals surface area contributed by atoms with Crippen LogP contribution in [0.1, 0.15) is 43.6 Å². The van der Waals surface area contributed by atoms with E-state index in [2.05, 4.69) is 22.2 Å². The summed E-state index contributed by atoms with van der Waals surface area (Å²) in [4.78, 5) is 37.0. The molecular weight excluding hydrogens is 386 g/mol. The third kappa shape index (κ3) is 3.21. The van der Waals surface area contributed by atoms with E-state index in [1.165, 1.54) is 6.33 Å². The van der Waals surface area contributed by atoms with Crippen LogP contribution in [-0.2, 0) is 4.79 Å². The van der Waals surface area contributed by atoms with Crippen LogP contribution in [0.2, 0.25) is 0 Å². The van der Waals surface area contributed by atoms with E-state index in [0.29, 0.717) is 39.0 Å². The zero-order valence-electron chi connectivity index (χ0n) is 17.7. The summed E-state index contributed by atoms with van der Waals surface area (Å²) in [7, 11) is 1.86. The summed E-state index contributed by atoms with van der Waals surface area (Å²) in [6.07, 6.45) is 3.14. The van der Waals surface area contributed by atoms with Crippen LogP contribution >= 0.6 is 0 Å². The van der Waals surface area contributed by atoms with Gasteiger partial charge in [-0.15, -0.1) is 0 Å². The first-order chi connectivity index (χ1) is 14.3. The van der Waals surface area contributed by atoms with E-state index in [-0.39, 0.29) is 40.3 Å². The number of amides is 1. The minimum Gasteiger partial charge on any atom is -0.503 e. The molecule has 3 N–H and O–H groups in total. The first-order valence-corrected chi connectivity index (χ1v) is 10.5. The molecule has 2 saturated heterocycles. The Morgan fingerprint density at radius 3 is 2.47 bits per heavy atom. The van der Waals surface area contributed by atoms with Crippen LogP contribution in [0.15, 0.2) is 17.6 Å². The third-order valence-electron chi connectivity index (χ3n) is 6.79. The molecule has 9 nitrogen and oxygen atoms in total. The SMILES string of the molecule is CNC1=C(C(C)=O)C2(CCN(C(=O)c3ncnc(N4CC(O)C4)c3O)CC2)CC1C. The number of Topliss-reactive ketones (excluding diaryl/α,β-unsaturated/α-hetero) is 1. The lowest BCUT2D eigenvalue weighted by Crippen LogP contribution is -2.51. The van der Waals surface area contributed by atoms with Gasteiger partial charge >= 0.3 is 0 Å². The van der Waals surface area contributed by atoms with Crippen molar-refractivity contribution in [3.05, 3.63) is 23.3 Å². The molecule has 2 aliphatic heterocycles. The first-order valence-electron chi connectivity index (χ1n) is 10.5. The molecule has 3 aliphatic rings. The van der Waals surface area contributed by atoms with Gasteiger partial charge in [0.25, 0.3) is 5.91 Å². The highest BCUT2D eigenvalue weighted by atomic mass is 16.3. The number of allylic oxidation sites excluding steroid dienone is 2. The average molecular weight is 415 g/mol. The fourth-order valence-electron chi connectivity index (χ4n) is 5.38. The Labute approximate surface area is 175 Å². The van der Waals surface area contributed by atoms with E-state index in [1.807, 2.05) is 7.05 Å². The fourth-order valence-corrected chi connectivity index (χ4v) is 5.38. The number of aromatic hydroxyl groups is 1. The number of hydrogen-bond acceptors (Lipinski definition) is 8. The average Bonchev–Trinajstić information content (AvgIpc) is 2.97. The lowest BCUT2D eigenvalue weighted by Gasteiger charge is -2.41.